The van der Waals surface area contributed by atoms with E-state index < -0.39 is 0 Å². The van der Waals surface area contributed by atoms with Gasteiger partial charge in [0.2, 0.25) is 0 Å². The average Bonchev–Trinajstić information content (AvgIpc) is 3.32. The van der Waals surface area contributed by atoms with Gasteiger partial charge in [-0.25, -0.2) is 19.3 Å². The van der Waals surface area contributed by atoms with Gasteiger partial charge in [-0.05, 0) is 48.6 Å². The minimum absolute atomic E-state index is 0.261. The minimum atomic E-state index is -0.386. The van der Waals surface area contributed by atoms with E-state index in [-0.39, 0.29) is 11.5 Å². The van der Waals surface area contributed by atoms with E-state index in [9.17, 15) is 4.39 Å². The quantitative estimate of drug-likeness (QED) is 0.392. The molecule has 0 unspecified atom stereocenters. The summed E-state index contributed by atoms with van der Waals surface area (Å²) < 4.78 is 14.5. The van der Waals surface area contributed by atoms with Crippen LogP contribution in [0.1, 0.15) is 30.7 Å². The summed E-state index contributed by atoms with van der Waals surface area (Å²) in [5.74, 6) is 1.72. The standard InChI is InChI=1S/C27H25FN8/c28-20-5-2-7-31-24(20)21-13-18-17(6-8-32-25(18)33-21)26-34-22-15-30-14-19(16-3-1-4-16)23(22)27(35-26)36-11-9-29-10-12-36/h2,5-8,13-16,29H,1,3-4,9-12H2,(H,32,33). The van der Waals surface area contributed by atoms with Gasteiger partial charge in [0.05, 0.1) is 17.4 Å². The molecule has 0 aromatic carbocycles. The van der Waals surface area contributed by atoms with E-state index in [0.29, 0.717) is 23.1 Å². The van der Waals surface area contributed by atoms with E-state index in [1.54, 1.807) is 18.5 Å². The maximum absolute atomic E-state index is 14.5. The molecule has 9 heteroatoms. The number of rotatable bonds is 4. The van der Waals surface area contributed by atoms with Crippen LogP contribution in [0.3, 0.4) is 0 Å². The predicted octanol–water partition coefficient (Wildman–Crippen LogP) is 4.45. The Labute approximate surface area is 207 Å². The van der Waals surface area contributed by atoms with Crippen LogP contribution in [0, 0.1) is 5.82 Å². The number of H-pyrrole nitrogens is 1. The summed E-state index contributed by atoms with van der Waals surface area (Å²) in [6.07, 6.45) is 10.8. The van der Waals surface area contributed by atoms with Gasteiger partial charge >= 0.3 is 0 Å². The van der Waals surface area contributed by atoms with Crippen molar-refractivity contribution in [2.75, 3.05) is 31.1 Å². The van der Waals surface area contributed by atoms with Crippen LogP contribution >= 0.6 is 0 Å². The molecule has 36 heavy (non-hydrogen) atoms. The van der Waals surface area contributed by atoms with Crippen molar-refractivity contribution < 1.29 is 4.39 Å². The molecule has 1 aliphatic heterocycles. The molecule has 2 N–H and O–H groups in total. The molecule has 0 atom stereocenters. The van der Waals surface area contributed by atoms with Crippen molar-refractivity contribution in [1.82, 2.24) is 35.2 Å². The van der Waals surface area contributed by atoms with Crippen molar-refractivity contribution in [2.24, 2.45) is 0 Å². The molecule has 180 valence electrons. The molecule has 0 amide bonds. The highest BCUT2D eigenvalue weighted by atomic mass is 19.1. The molecule has 5 aromatic rings. The lowest BCUT2D eigenvalue weighted by Gasteiger charge is -2.32. The van der Waals surface area contributed by atoms with Crippen molar-refractivity contribution >= 4 is 27.8 Å². The van der Waals surface area contributed by atoms with E-state index in [4.69, 9.17) is 9.97 Å². The van der Waals surface area contributed by atoms with Crippen molar-refractivity contribution in [3.8, 4) is 22.8 Å². The summed E-state index contributed by atoms with van der Waals surface area (Å²) in [5.41, 5.74) is 4.42. The number of nitrogens with zero attached hydrogens (tertiary/aromatic N) is 6. The maximum atomic E-state index is 14.5. The normalized spacial score (nSPS) is 16.5. The molecule has 2 fully saturated rings. The molecule has 0 bridgehead atoms. The first kappa shape index (κ1) is 21.3. The number of piperazine rings is 1. The van der Waals surface area contributed by atoms with E-state index in [1.807, 2.05) is 24.5 Å². The van der Waals surface area contributed by atoms with Gasteiger partial charge in [0.15, 0.2) is 11.6 Å². The number of pyridine rings is 3. The Hall–Kier alpha value is -3.98. The Morgan fingerprint density at radius 1 is 1.00 bits per heavy atom. The number of aromatic nitrogens is 6. The second-order valence-corrected chi connectivity index (χ2v) is 9.50. The third kappa shape index (κ3) is 3.50. The van der Waals surface area contributed by atoms with Crippen molar-refractivity contribution in [1.29, 1.82) is 0 Å². The smallest absolute Gasteiger partial charge is 0.163 e. The van der Waals surface area contributed by atoms with E-state index in [0.717, 1.165) is 53.8 Å². The van der Waals surface area contributed by atoms with Crippen LogP contribution in [0.2, 0.25) is 0 Å². The summed E-state index contributed by atoms with van der Waals surface area (Å²) in [5, 5.41) is 5.39. The summed E-state index contributed by atoms with van der Waals surface area (Å²) in [4.78, 5) is 29.0. The van der Waals surface area contributed by atoms with Crippen molar-refractivity contribution in [3.05, 3.63) is 60.4 Å². The first-order valence-corrected chi connectivity index (χ1v) is 12.5. The highest BCUT2D eigenvalue weighted by molar-refractivity contribution is 5.98. The van der Waals surface area contributed by atoms with Gasteiger partial charge < -0.3 is 15.2 Å². The van der Waals surface area contributed by atoms with Crippen LogP contribution in [-0.2, 0) is 0 Å². The first-order valence-electron chi connectivity index (χ1n) is 12.5. The summed E-state index contributed by atoms with van der Waals surface area (Å²) in [6, 6.07) is 6.78. The lowest BCUT2D eigenvalue weighted by Crippen LogP contribution is -2.44. The fourth-order valence-corrected chi connectivity index (χ4v) is 5.28. The molecular formula is C27H25FN8. The number of anilines is 1. The zero-order chi connectivity index (χ0) is 24.1. The van der Waals surface area contributed by atoms with Gasteiger partial charge in [-0.1, -0.05) is 6.42 Å². The maximum Gasteiger partial charge on any atom is 0.163 e. The van der Waals surface area contributed by atoms with Gasteiger partial charge in [-0.15, -0.1) is 0 Å². The van der Waals surface area contributed by atoms with Crippen LogP contribution in [0.25, 0.3) is 44.7 Å². The topological polar surface area (TPSA) is 95.5 Å². The third-order valence-corrected chi connectivity index (χ3v) is 7.36. The monoisotopic (exact) mass is 480 g/mol. The zero-order valence-electron chi connectivity index (χ0n) is 19.7. The lowest BCUT2D eigenvalue weighted by atomic mass is 9.79. The van der Waals surface area contributed by atoms with Crippen molar-refractivity contribution in [3.63, 3.8) is 0 Å². The van der Waals surface area contributed by atoms with Gasteiger partial charge in [0.25, 0.3) is 0 Å². The fourth-order valence-electron chi connectivity index (χ4n) is 5.28. The summed E-state index contributed by atoms with van der Waals surface area (Å²) >= 11 is 0. The molecule has 1 saturated carbocycles. The highest BCUT2D eigenvalue weighted by Gasteiger charge is 2.27. The fraction of sp³-hybridized carbons (Fsp3) is 0.296. The largest absolute Gasteiger partial charge is 0.353 e. The van der Waals surface area contributed by atoms with E-state index >= 15 is 0 Å². The second-order valence-electron chi connectivity index (χ2n) is 9.50. The zero-order valence-corrected chi connectivity index (χ0v) is 19.7. The van der Waals surface area contributed by atoms with Gasteiger partial charge in [0, 0.05) is 61.1 Å². The average molecular weight is 481 g/mol. The Bertz CT molecular complexity index is 1590. The molecule has 0 spiro atoms. The molecule has 2 aliphatic rings. The number of hydrogen-bond acceptors (Lipinski definition) is 7. The number of hydrogen-bond donors (Lipinski definition) is 2. The van der Waals surface area contributed by atoms with Gasteiger partial charge in [-0.3, -0.25) is 9.97 Å². The lowest BCUT2D eigenvalue weighted by molar-refractivity contribution is 0.421. The van der Waals surface area contributed by atoms with Gasteiger partial charge in [-0.2, -0.15) is 0 Å². The van der Waals surface area contributed by atoms with Crippen LogP contribution in [-0.4, -0.2) is 56.1 Å². The first-order chi connectivity index (χ1) is 17.8. The van der Waals surface area contributed by atoms with E-state index in [2.05, 4.69) is 30.2 Å². The highest BCUT2D eigenvalue weighted by Crippen LogP contribution is 2.42. The van der Waals surface area contributed by atoms with Crippen LogP contribution in [0.5, 0.6) is 0 Å². The number of fused-ring (bicyclic) bond motifs is 2. The molecular weight excluding hydrogens is 455 g/mol. The molecule has 1 aliphatic carbocycles. The Balaban J connectivity index is 1.43. The third-order valence-electron chi connectivity index (χ3n) is 7.36. The van der Waals surface area contributed by atoms with Crippen LogP contribution in [0.15, 0.2) is 49.1 Å². The number of nitrogens with one attached hydrogen (secondary N) is 2. The molecule has 1 saturated heterocycles. The molecule has 6 heterocycles. The van der Waals surface area contributed by atoms with Crippen LogP contribution < -0.4 is 10.2 Å². The second kappa shape index (κ2) is 8.60. The molecule has 7 rings (SSSR count). The minimum Gasteiger partial charge on any atom is -0.353 e. The predicted molar refractivity (Wildman–Crippen MR) is 137 cm³/mol. The Morgan fingerprint density at radius 2 is 1.89 bits per heavy atom. The van der Waals surface area contributed by atoms with Crippen molar-refractivity contribution in [2.45, 2.75) is 25.2 Å². The Morgan fingerprint density at radius 3 is 2.69 bits per heavy atom. The number of halogens is 1. The van der Waals surface area contributed by atoms with Gasteiger partial charge in [0.1, 0.15) is 17.2 Å². The number of aromatic amines is 1. The summed E-state index contributed by atoms with van der Waals surface area (Å²) in [7, 11) is 0. The van der Waals surface area contributed by atoms with Crippen LogP contribution in [0.4, 0.5) is 10.2 Å². The summed E-state index contributed by atoms with van der Waals surface area (Å²) in [6.45, 7) is 3.61. The molecule has 5 aromatic heterocycles. The molecule has 0 radical (unpaired) electrons. The van der Waals surface area contributed by atoms with E-state index in [1.165, 1.54) is 30.9 Å². The SMILES string of the molecule is Fc1cccnc1-c1cc2c(-c3nc(N4CCNCC4)c4c(C5CCC5)cncc4n3)ccnc2[nH]1. The molecule has 8 nitrogen and oxygen atoms in total. The Kier molecular flexibility index (Phi) is 5.09.